The highest BCUT2D eigenvalue weighted by molar-refractivity contribution is 7.92. The zero-order valence-electron chi connectivity index (χ0n) is 23.4. The van der Waals surface area contributed by atoms with Gasteiger partial charge in [0, 0.05) is 41.0 Å². The summed E-state index contributed by atoms with van der Waals surface area (Å²) < 4.78 is 61.5. The summed E-state index contributed by atoms with van der Waals surface area (Å²) in [6.07, 6.45) is 2.74. The molecular formula is C33H23F2N3O5S. The molecule has 0 amide bonds. The van der Waals surface area contributed by atoms with E-state index in [0.717, 1.165) is 16.1 Å². The summed E-state index contributed by atoms with van der Waals surface area (Å²) in [5, 5.41) is 2.22. The number of nitrogens with zero attached hydrogens (tertiary/aromatic N) is 2. The molecule has 7 aromatic rings. The molecule has 0 saturated carbocycles. The maximum atomic E-state index is 13.9. The first-order valence-electron chi connectivity index (χ1n) is 13.5. The van der Waals surface area contributed by atoms with Crippen molar-refractivity contribution in [1.29, 1.82) is 0 Å². The first kappa shape index (κ1) is 27.5. The van der Waals surface area contributed by atoms with E-state index in [0.29, 0.717) is 32.7 Å². The van der Waals surface area contributed by atoms with E-state index >= 15 is 0 Å². The molecule has 1 N–H and O–H groups in total. The van der Waals surface area contributed by atoms with Gasteiger partial charge in [-0.05, 0) is 65.0 Å². The molecule has 7 rings (SSSR count). The SMILES string of the molecule is CN(c1cc2oc3c4ccc(F)cc4[nH]c(=O)c3c2cc1-c1ccc2ccn(Cc3ccc(F)cc3)c(=O)c2c1)S(C)(=O)=O. The predicted molar refractivity (Wildman–Crippen MR) is 168 cm³/mol. The molecule has 0 bridgehead atoms. The number of aromatic amines is 1. The van der Waals surface area contributed by atoms with Crippen LogP contribution in [0.3, 0.4) is 0 Å². The van der Waals surface area contributed by atoms with Crippen molar-refractivity contribution in [2.75, 3.05) is 17.6 Å². The molecule has 3 aromatic heterocycles. The number of halogens is 2. The zero-order valence-corrected chi connectivity index (χ0v) is 24.2. The van der Waals surface area contributed by atoms with E-state index < -0.39 is 21.4 Å². The molecule has 3 heterocycles. The van der Waals surface area contributed by atoms with Crippen LogP contribution in [0.1, 0.15) is 5.56 Å². The van der Waals surface area contributed by atoms with Gasteiger partial charge in [0.1, 0.15) is 22.8 Å². The third-order valence-corrected chi connectivity index (χ3v) is 9.09. The van der Waals surface area contributed by atoms with Crippen LogP contribution in [-0.2, 0) is 16.6 Å². The zero-order chi connectivity index (χ0) is 30.9. The van der Waals surface area contributed by atoms with Gasteiger partial charge in [0.15, 0.2) is 0 Å². The van der Waals surface area contributed by atoms with Crippen LogP contribution < -0.4 is 15.4 Å². The van der Waals surface area contributed by atoms with Crippen LogP contribution in [0.2, 0.25) is 0 Å². The van der Waals surface area contributed by atoms with Crippen LogP contribution in [0.15, 0.2) is 99.1 Å². The quantitative estimate of drug-likeness (QED) is 0.252. The Kier molecular flexibility index (Phi) is 6.19. The summed E-state index contributed by atoms with van der Waals surface area (Å²) in [5.41, 5.74) is 2.00. The lowest BCUT2D eigenvalue weighted by Crippen LogP contribution is -2.25. The highest BCUT2D eigenvalue weighted by Crippen LogP contribution is 2.40. The summed E-state index contributed by atoms with van der Waals surface area (Å²) in [6.45, 7) is 0.231. The van der Waals surface area contributed by atoms with Crippen LogP contribution in [0.4, 0.5) is 14.5 Å². The van der Waals surface area contributed by atoms with Gasteiger partial charge in [-0.3, -0.25) is 13.9 Å². The lowest BCUT2D eigenvalue weighted by molar-refractivity contribution is 0.600. The van der Waals surface area contributed by atoms with E-state index in [1.807, 2.05) is 0 Å². The fraction of sp³-hybridized carbons (Fsp3) is 0.0909. The largest absolute Gasteiger partial charge is 0.455 e. The molecule has 4 aromatic carbocycles. The molecule has 0 spiro atoms. The highest BCUT2D eigenvalue weighted by atomic mass is 32.2. The summed E-state index contributed by atoms with van der Waals surface area (Å²) in [6, 6.07) is 20.1. The van der Waals surface area contributed by atoms with E-state index in [1.165, 1.54) is 41.9 Å². The standard InChI is InChI=1S/C33H23F2N3O5S/c1-37(44(2,41)42)28-16-29-26(30-31(43-29)23-10-9-22(35)14-27(23)36-32(30)39)15-24(28)20-6-5-19-11-12-38(33(40)25(19)13-20)17-18-3-7-21(34)8-4-18/h3-16H,17H2,1-2H3,(H,36,39). The fourth-order valence-corrected chi connectivity index (χ4v) is 6.09. The maximum Gasteiger partial charge on any atom is 0.260 e. The first-order chi connectivity index (χ1) is 21.0. The fourth-order valence-electron chi connectivity index (χ4n) is 5.58. The summed E-state index contributed by atoms with van der Waals surface area (Å²) >= 11 is 0. The Hall–Kier alpha value is -5.29. The smallest absolute Gasteiger partial charge is 0.260 e. The molecule has 220 valence electrons. The van der Waals surface area contributed by atoms with Gasteiger partial charge in [-0.15, -0.1) is 0 Å². The molecule has 8 nitrogen and oxygen atoms in total. The Morgan fingerprint density at radius 1 is 0.864 bits per heavy atom. The first-order valence-corrected chi connectivity index (χ1v) is 15.4. The van der Waals surface area contributed by atoms with Crippen molar-refractivity contribution in [3.8, 4) is 11.1 Å². The molecule has 0 aliphatic rings. The third-order valence-electron chi connectivity index (χ3n) is 7.90. The monoisotopic (exact) mass is 611 g/mol. The average Bonchev–Trinajstić information content (AvgIpc) is 3.37. The number of hydrogen-bond acceptors (Lipinski definition) is 5. The topological polar surface area (TPSA) is 105 Å². The Balaban J connectivity index is 1.47. The Labute approximate surface area is 248 Å². The van der Waals surface area contributed by atoms with Gasteiger partial charge >= 0.3 is 0 Å². The molecule has 44 heavy (non-hydrogen) atoms. The number of pyridine rings is 2. The van der Waals surface area contributed by atoms with E-state index in [2.05, 4.69) is 4.98 Å². The van der Waals surface area contributed by atoms with Gasteiger partial charge in [-0.25, -0.2) is 17.2 Å². The Morgan fingerprint density at radius 2 is 1.61 bits per heavy atom. The van der Waals surface area contributed by atoms with E-state index in [4.69, 9.17) is 4.42 Å². The van der Waals surface area contributed by atoms with Crippen molar-refractivity contribution < 1.29 is 21.6 Å². The van der Waals surface area contributed by atoms with E-state index in [-0.39, 0.29) is 45.7 Å². The van der Waals surface area contributed by atoms with Crippen LogP contribution in [0.25, 0.3) is 54.7 Å². The van der Waals surface area contributed by atoms with Gasteiger partial charge in [0.25, 0.3) is 11.1 Å². The second-order valence-corrected chi connectivity index (χ2v) is 12.7. The van der Waals surface area contributed by atoms with Gasteiger partial charge < -0.3 is 14.0 Å². The van der Waals surface area contributed by atoms with Gasteiger partial charge in [-0.2, -0.15) is 0 Å². The molecular weight excluding hydrogens is 588 g/mol. The molecule has 11 heteroatoms. The number of fused-ring (bicyclic) bond motifs is 6. The third kappa shape index (κ3) is 4.53. The number of anilines is 1. The number of nitrogens with one attached hydrogen (secondary N) is 1. The molecule has 0 aliphatic carbocycles. The second-order valence-electron chi connectivity index (χ2n) is 10.7. The number of benzene rings is 4. The summed E-state index contributed by atoms with van der Waals surface area (Å²) in [5.74, 6) is -0.887. The number of hydrogen-bond donors (Lipinski definition) is 1. The molecule has 0 aliphatic heterocycles. The van der Waals surface area contributed by atoms with Crippen molar-refractivity contribution in [3.63, 3.8) is 0 Å². The van der Waals surface area contributed by atoms with Crippen molar-refractivity contribution in [1.82, 2.24) is 9.55 Å². The summed E-state index contributed by atoms with van der Waals surface area (Å²) in [4.78, 5) is 29.5. The highest BCUT2D eigenvalue weighted by Gasteiger charge is 2.23. The number of furan rings is 1. The van der Waals surface area contributed by atoms with Gasteiger partial charge in [0.2, 0.25) is 10.0 Å². The molecule has 0 atom stereocenters. The van der Waals surface area contributed by atoms with Crippen LogP contribution in [0.5, 0.6) is 0 Å². The van der Waals surface area contributed by atoms with Crippen molar-refractivity contribution in [2.45, 2.75) is 6.54 Å². The van der Waals surface area contributed by atoms with E-state index in [1.54, 1.807) is 54.7 Å². The lowest BCUT2D eigenvalue weighted by Gasteiger charge is -2.21. The molecule has 0 fully saturated rings. The number of aromatic nitrogens is 2. The Morgan fingerprint density at radius 3 is 2.36 bits per heavy atom. The van der Waals surface area contributed by atoms with Crippen molar-refractivity contribution in [2.24, 2.45) is 0 Å². The lowest BCUT2D eigenvalue weighted by atomic mass is 9.98. The number of H-pyrrole nitrogens is 1. The normalized spacial score (nSPS) is 12.1. The van der Waals surface area contributed by atoms with E-state index in [9.17, 15) is 26.8 Å². The van der Waals surface area contributed by atoms with Gasteiger partial charge in [0.05, 0.1) is 29.4 Å². The molecule has 0 saturated heterocycles. The number of sulfonamides is 1. The van der Waals surface area contributed by atoms with Crippen LogP contribution in [0, 0.1) is 11.6 Å². The minimum absolute atomic E-state index is 0.231. The van der Waals surface area contributed by atoms with Crippen LogP contribution in [-0.4, -0.2) is 31.3 Å². The van der Waals surface area contributed by atoms with Crippen molar-refractivity contribution in [3.05, 3.63) is 123 Å². The molecule has 0 unspecified atom stereocenters. The minimum Gasteiger partial charge on any atom is -0.455 e. The number of rotatable bonds is 5. The summed E-state index contributed by atoms with van der Waals surface area (Å²) in [7, 11) is -2.33. The van der Waals surface area contributed by atoms with Gasteiger partial charge in [-0.1, -0.05) is 24.3 Å². The maximum absolute atomic E-state index is 13.9. The molecule has 0 radical (unpaired) electrons. The minimum atomic E-state index is -3.74. The average molecular weight is 612 g/mol. The second kappa shape index (κ2) is 9.88. The van der Waals surface area contributed by atoms with Crippen LogP contribution >= 0.6 is 0 Å². The predicted octanol–water partition coefficient (Wildman–Crippen LogP) is 6.13. The van der Waals surface area contributed by atoms with Crippen molar-refractivity contribution >= 4 is 59.3 Å². The Bertz CT molecular complexity index is 2540.